The van der Waals surface area contributed by atoms with Gasteiger partial charge < -0.3 is 4.74 Å². The van der Waals surface area contributed by atoms with Crippen LogP contribution >= 0.6 is 11.6 Å². The van der Waals surface area contributed by atoms with Crippen LogP contribution in [0.4, 0.5) is 0 Å². The van der Waals surface area contributed by atoms with E-state index >= 15 is 0 Å². The van der Waals surface area contributed by atoms with Gasteiger partial charge in [-0.3, -0.25) is 0 Å². The van der Waals surface area contributed by atoms with Crippen LogP contribution in [0, 0.1) is 5.92 Å². The molecule has 1 aliphatic rings. The molecular weight excluding hydrogens is 236 g/mol. The molecular formula is C10H19ClO3S. The van der Waals surface area contributed by atoms with Crippen molar-refractivity contribution in [3.8, 4) is 0 Å². The van der Waals surface area contributed by atoms with E-state index in [1.807, 2.05) is 0 Å². The zero-order chi connectivity index (χ0) is 11.3. The molecule has 0 aromatic heterocycles. The van der Waals surface area contributed by atoms with Crippen LogP contribution in [0.5, 0.6) is 0 Å². The summed E-state index contributed by atoms with van der Waals surface area (Å²) < 4.78 is 27.8. The molecule has 90 valence electrons. The molecule has 0 saturated carbocycles. The van der Waals surface area contributed by atoms with E-state index < -0.39 is 9.84 Å². The SMILES string of the molecule is CCS(=O)(=O)CCCC1COCCC1Cl. The first kappa shape index (κ1) is 13.3. The van der Waals surface area contributed by atoms with Crippen LogP contribution in [-0.4, -0.2) is 38.5 Å². The Balaban J connectivity index is 2.25. The Hall–Kier alpha value is 0.200. The number of sulfone groups is 1. The highest BCUT2D eigenvalue weighted by molar-refractivity contribution is 7.91. The van der Waals surface area contributed by atoms with Crippen molar-refractivity contribution in [1.82, 2.24) is 0 Å². The van der Waals surface area contributed by atoms with Gasteiger partial charge in [-0.2, -0.15) is 0 Å². The van der Waals surface area contributed by atoms with Gasteiger partial charge in [0.05, 0.1) is 12.4 Å². The van der Waals surface area contributed by atoms with Crippen LogP contribution in [-0.2, 0) is 14.6 Å². The van der Waals surface area contributed by atoms with Gasteiger partial charge in [-0.05, 0) is 25.2 Å². The van der Waals surface area contributed by atoms with Crippen molar-refractivity contribution >= 4 is 21.4 Å². The lowest BCUT2D eigenvalue weighted by atomic mass is 9.97. The van der Waals surface area contributed by atoms with E-state index in [4.69, 9.17) is 16.3 Å². The number of halogens is 1. The fraction of sp³-hybridized carbons (Fsp3) is 1.00. The number of alkyl halides is 1. The Kier molecular flexibility index (Phi) is 5.36. The van der Waals surface area contributed by atoms with E-state index in [0.717, 1.165) is 19.4 Å². The molecule has 1 saturated heterocycles. The third-order valence-corrected chi connectivity index (χ3v) is 5.22. The molecule has 0 aromatic carbocycles. The lowest BCUT2D eigenvalue weighted by Gasteiger charge is -2.27. The Bertz CT molecular complexity index is 276. The van der Waals surface area contributed by atoms with Gasteiger partial charge in [-0.15, -0.1) is 11.6 Å². The van der Waals surface area contributed by atoms with Crippen molar-refractivity contribution in [1.29, 1.82) is 0 Å². The molecule has 1 fully saturated rings. The van der Waals surface area contributed by atoms with Gasteiger partial charge in [0.1, 0.15) is 9.84 Å². The molecule has 0 radical (unpaired) electrons. The summed E-state index contributed by atoms with van der Waals surface area (Å²) in [5, 5.41) is 0.156. The monoisotopic (exact) mass is 254 g/mol. The molecule has 1 heterocycles. The molecule has 0 aliphatic carbocycles. The molecule has 0 amide bonds. The fourth-order valence-corrected chi connectivity index (χ4v) is 2.93. The highest BCUT2D eigenvalue weighted by Gasteiger charge is 2.23. The van der Waals surface area contributed by atoms with Gasteiger partial charge in [-0.1, -0.05) is 6.92 Å². The van der Waals surface area contributed by atoms with E-state index in [1.54, 1.807) is 6.92 Å². The minimum Gasteiger partial charge on any atom is -0.381 e. The van der Waals surface area contributed by atoms with Gasteiger partial charge in [0.25, 0.3) is 0 Å². The van der Waals surface area contributed by atoms with E-state index in [-0.39, 0.29) is 16.9 Å². The third kappa shape index (κ3) is 4.70. The van der Waals surface area contributed by atoms with Gasteiger partial charge in [0.15, 0.2) is 0 Å². The van der Waals surface area contributed by atoms with Crippen LogP contribution in [0.3, 0.4) is 0 Å². The smallest absolute Gasteiger partial charge is 0.150 e. The molecule has 2 unspecified atom stereocenters. The van der Waals surface area contributed by atoms with E-state index in [9.17, 15) is 8.42 Å². The fourth-order valence-electron chi connectivity index (χ4n) is 1.74. The number of hydrogen-bond acceptors (Lipinski definition) is 3. The summed E-state index contributed by atoms with van der Waals surface area (Å²) in [6.45, 7) is 3.10. The molecule has 0 N–H and O–H groups in total. The summed E-state index contributed by atoms with van der Waals surface area (Å²) in [7, 11) is -2.82. The maximum Gasteiger partial charge on any atom is 0.150 e. The van der Waals surface area contributed by atoms with E-state index in [1.165, 1.54) is 0 Å². The zero-order valence-electron chi connectivity index (χ0n) is 9.12. The first-order valence-corrected chi connectivity index (χ1v) is 7.73. The number of hydrogen-bond donors (Lipinski definition) is 0. The Morgan fingerprint density at radius 3 is 2.80 bits per heavy atom. The molecule has 15 heavy (non-hydrogen) atoms. The Labute approximate surface area is 97.1 Å². The summed E-state index contributed by atoms with van der Waals surface area (Å²) in [5.74, 6) is 0.842. The summed E-state index contributed by atoms with van der Waals surface area (Å²) in [4.78, 5) is 0. The molecule has 0 aromatic rings. The highest BCUT2D eigenvalue weighted by Crippen LogP contribution is 2.24. The predicted molar refractivity (Wildman–Crippen MR) is 62.1 cm³/mol. The van der Waals surface area contributed by atoms with Crippen molar-refractivity contribution < 1.29 is 13.2 Å². The average molecular weight is 255 g/mol. The van der Waals surface area contributed by atoms with Gasteiger partial charge in [0, 0.05) is 17.7 Å². The zero-order valence-corrected chi connectivity index (χ0v) is 10.7. The summed E-state index contributed by atoms with van der Waals surface area (Å²) in [5.41, 5.74) is 0. The maximum atomic E-state index is 11.3. The molecule has 1 rings (SSSR count). The quantitative estimate of drug-likeness (QED) is 0.704. The van der Waals surface area contributed by atoms with Crippen molar-refractivity contribution in [2.45, 2.75) is 31.6 Å². The normalized spacial score (nSPS) is 27.9. The molecule has 2 atom stereocenters. The van der Waals surface area contributed by atoms with Crippen LogP contribution in [0.25, 0.3) is 0 Å². The summed E-state index contributed by atoms with van der Waals surface area (Å²) in [6, 6.07) is 0. The van der Waals surface area contributed by atoms with Crippen LogP contribution < -0.4 is 0 Å². The summed E-state index contributed by atoms with van der Waals surface area (Å²) in [6.07, 6.45) is 2.44. The number of rotatable bonds is 5. The standard InChI is InChI=1S/C10H19ClO3S/c1-2-15(12,13)7-3-4-9-8-14-6-5-10(9)11/h9-10H,2-8H2,1H3. The van der Waals surface area contributed by atoms with E-state index in [0.29, 0.717) is 18.9 Å². The Morgan fingerprint density at radius 2 is 2.20 bits per heavy atom. The number of ether oxygens (including phenoxy) is 1. The molecule has 5 heteroatoms. The minimum atomic E-state index is -2.82. The topological polar surface area (TPSA) is 43.4 Å². The molecule has 3 nitrogen and oxygen atoms in total. The van der Waals surface area contributed by atoms with Crippen molar-refractivity contribution in [2.24, 2.45) is 5.92 Å². The maximum absolute atomic E-state index is 11.3. The first-order valence-electron chi connectivity index (χ1n) is 5.47. The van der Waals surface area contributed by atoms with E-state index in [2.05, 4.69) is 0 Å². The minimum absolute atomic E-state index is 0.156. The van der Waals surface area contributed by atoms with Crippen molar-refractivity contribution in [3.05, 3.63) is 0 Å². The lowest BCUT2D eigenvalue weighted by Crippen LogP contribution is -2.28. The first-order chi connectivity index (χ1) is 7.05. The molecule has 0 spiro atoms. The van der Waals surface area contributed by atoms with Crippen LogP contribution in [0.15, 0.2) is 0 Å². The average Bonchev–Trinajstić information content (AvgIpc) is 2.21. The second-order valence-corrected chi connectivity index (χ2v) is 7.05. The lowest BCUT2D eigenvalue weighted by molar-refractivity contribution is 0.0543. The molecule has 0 bridgehead atoms. The van der Waals surface area contributed by atoms with Crippen LogP contribution in [0.2, 0.25) is 0 Å². The third-order valence-electron chi connectivity index (χ3n) is 2.85. The van der Waals surface area contributed by atoms with Gasteiger partial charge >= 0.3 is 0 Å². The van der Waals surface area contributed by atoms with Gasteiger partial charge in [0.2, 0.25) is 0 Å². The Morgan fingerprint density at radius 1 is 1.47 bits per heavy atom. The second kappa shape index (κ2) is 6.06. The second-order valence-electron chi connectivity index (χ2n) is 4.02. The van der Waals surface area contributed by atoms with Gasteiger partial charge in [-0.25, -0.2) is 8.42 Å². The highest BCUT2D eigenvalue weighted by atomic mass is 35.5. The molecule has 1 aliphatic heterocycles. The van der Waals surface area contributed by atoms with Crippen LogP contribution in [0.1, 0.15) is 26.2 Å². The van der Waals surface area contributed by atoms with Crippen molar-refractivity contribution in [2.75, 3.05) is 24.7 Å². The largest absolute Gasteiger partial charge is 0.381 e. The summed E-state index contributed by atoms with van der Waals surface area (Å²) >= 11 is 6.14. The van der Waals surface area contributed by atoms with Crippen molar-refractivity contribution in [3.63, 3.8) is 0 Å². The predicted octanol–water partition coefficient (Wildman–Crippen LogP) is 1.85.